The van der Waals surface area contributed by atoms with E-state index in [1.165, 1.54) is 12.1 Å². The number of rotatable bonds is 5. The normalized spacial score (nSPS) is 13.5. The van der Waals surface area contributed by atoms with Gasteiger partial charge in [-0.3, -0.25) is 9.59 Å². The van der Waals surface area contributed by atoms with E-state index < -0.39 is 6.04 Å². The molecule has 150 valence electrons. The van der Waals surface area contributed by atoms with Crippen LogP contribution in [0, 0.1) is 5.82 Å². The van der Waals surface area contributed by atoms with Crippen LogP contribution >= 0.6 is 0 Å². The maximum atomic E-state index is 13.1. The lowest BCUT2D eigenvalue weighted by molar-refractivity contribution is -0.133. The Morgan fingerprint density at radius 3 is 2.00 bits per heavy atom. The molecule has 0 saturated carbocycles. The van der Waals surface area contributed by atoms with Crippen molar-refractivity contribution in [1.29, 1.82) is 0 Å². The summed E-state index contributed by atoms with van der Waals surface area (Å²) >= 11 is 0. The van der Waals surface area contributed by atoms with Gasteiger partial charge in [0.1, 0.15) is 11.9 Å². The molecule has 0 aromatic heterocycles. The van der Waals surface area contributed by atoms with E-state index >= 15 is 0 Å². The average Bonchev–Trinajstić information content (AvgIpc) is 2.66. The molecular weight excluding hydrogens is 355 g/mol. The molecule has 2 aromatic carbocycles. The lowest BCUT2D eigenvalue weighted by Crippen LogP contribution is -2.46. The Labute approximate surface area is 166 Å². The minimum Gasteiger partial charge on any atom is -0.341 e. The second-order valence-electron chi connectivity index (χ2n) is 8.20. The van der Waals surface area contributed by atoms with Crippen molar-refractivity contribution in [2.45, 2.75) is 52.1 Å². The van der Waals surface area contributed by atoms with Gasteiger partial charge in [-0.05, 0) is 54.7 Å². The predicted molar refractivity (Wildman–Crippen MR) is 110 cm³/mol. The van der Waals surface area contributed by atoms with E-state index in [9.17, 15) is 14.0 Å². The van der Waals surface area contributed by atoms with E-state index in [1.807, 2.05) is 19.1 Å². The first kappa shape index (κ1) is 21.6. The van der Waals surface area contributed by atoms with Crippen molar-refractivity contribution in [1.82, 2.24) is 10.2 Å². The number of nitrogens with one attached hydrogen (secondary N) is 1. The fourth-order valence-electron chi connectivity index (χ4n) is 2.92. The summed E-state index contributed by atoms with van der Waals surface area (Å²) in [6.45, 7) is 9.87. The summed E-state index contributed by atoms with van der Waals surface area (Å²) in [6.07, 6.45) is 0. The fraction of sp³-hybridized carbons (Fsp3) is 0.391. The van der Waals surface area contributed by atoms with E-state index in [1.54, 1.807) is 43.1 Å². The standard InChI is InChI=1S/C23H29FN2O2/c1-15(22(28)26(6)16(2)17-9-13-20(24)14-10-17)25-21(27)18-7-11-19(12-8-18)23(3,4)5/h7-16H,1-6H3,(H,25,27). The maximum Gasteiger partial charge on any atom is 0.251 e. The summed E-state index contributed by atoms with van der Waals surface area (Å²) in [5.74, 6) is -0.816. The highest BCUT2D eigenvalue weighted by atomic mass is 19.1. The highest BCUT2D eigenvalue weighted by Crippen LogP contribution is 2.22. The van der Waals surface area contributed by atoms with Gasteiger partial charge >= 0.3 is 0 Å². The lowest BCUT2D eigenvalue weighted by Gasteiger charge is -2.28. The van der Waals surface area contributed by atoms with E-state index in [2.05, 4.69) is 26.1 Å². The van der Waals surface area contributed by atoms with Gasteiger partial charge in [-0.15, -0.1) is 0 Å². The number of nitrogens with zero attached hydrogens (tertiary/aromatic N) is 1. The Bertz CT molecular complexity index is 823. The molecule has 1 N–H and O–H groups in total. The summed E-state index contributed by atoms with van der Waals surface area (Å²) in [5.41, 5.74) is 2.49. The van der Waals surface area contributed by atoms with Crippen molar-refractivity contribution >= 4 is 11.8 Å². The summed E-state index contributed by atoms with van der Waals surface area (Å²) in [4.78, 5) is 26.8. The largest absolute Gasteiger partial charge is 0.341 e. The smallest absolute Gasteiger partial charge is 0.251 e. The molecule has 2 unspecified atom stereocenters. The molecule has 0 heterocycles. The van der Waals surface area contributed by atoms with E-state index in [0.29, 0.717) is 5.56 Å². The number of carbonyl (C=O) groups excluding carboxylic acids is 2. The average molecular weight is 384 g/mol. The van der Waals surface area contributed by atoms with Gasteiger partial charge < -0.3 is 10.2 Å². The molecular formula is C23H29FN2O2. The molecule has 5 heteroatoms. The van der Waals surface area contributed by atoms with Gasteiger partial charge in [-0.2, -0.15) is 0 Å². The van der Waals surface area contributed by atoms with E-state index in [-0.39, 0.29) is 29.1 Å². The summed E-state index contributed by atoms with van der Waals surface area (Å²) < 4.78 is 13.1. The number of hydrogen-bond acceptors (Lipinski definition) is 2. The SMILES string of the molecule is CC(NC(=O)c1ccc(C(C)(C)C)cc1)C(=O)N(C)C(C)c1ccc(F)cc1. The van der Waals surface area contributed by atoms with Crippen LogP contribution in [0.15, 0.2) is 48.5 Å². The zero-order valence-electron chi connectivity index (χ0n) is 17.4. The zero-order valence-corrected chi connectivity index (χ0v) is 17.4. The number of amides is 2. The second kappa shape index (κ2) is 8.55. The first-order valence-electron chi connectivity index (χ1n) is 9.44. The summed E-state index contributed by atoms with van der Waals surface area (Å²) in [6, 6.07) is 12.6. The molecule has 2 amide bonds. The first-order valence-corrected chi connectivity index (χ1v) is 9.44. The van der Waals surface area contributed by atoms with Crippen LogP contribution in [-0.4, -0.2) is 29.8 Å². The molecule has 2 rings (SSSR count). The van der Waals surface area contributed by atoms with Gasteiger partial charge in [0.05, 0.1) is 6.04 Å². The quantitative estimate of drug-likeness (QED) is 0.827. The van der Waals surface area contributed by atoms with Crippen LogP contribution < -0.4 is 5.32 Å². The Kier molecular flexibility index (Phi) is 6.60. The molecule has 4 nitrogen and oxygen atoms in total. The predicted octanol–water partition coefficient (Wildman–Crippen LogP) is 4.46. The molecule has 0 bridgehead atoms. The lowest BCUT2D eigenvalue weighted by atomic mass is 9.86. The molecule has 2 aromatic rings. The highest BCUT2D eigenvalue weighted by molar-refractivity contribution is 5.97. The number of carbonyl (C=O) groups is 2. The van der Waals surface area contributed by atoms with Crippen molar-refractivity contribution in [3.63, 3.8) is 0 Å². The van der Waals surface area contributed by atoms with Crippen LogP contribution in [-0.2, 0) is 10.2 Å². The van der Waals surface area contributed by atoms with Crippen LogP contribution in [0.2, 0.25) is 0 Å². The molecule has 0 saturated heterocycles. The molecule has 0 spiro atoms. The van der Waals surface area contributed by atoms with Gasteiger partial charge in [0.25, 0.3) is 5.91 Å². The number of hydrogen-bond donors (Lipinski definition) is 1. The third-order valence-electron chi connectivity index (χ3n) is 5.01. The minimum absolute atomic E-state index is 0.0114. The molecule has 0 radical (unpaired) electrons. The van der Waals surface area contributed by atoms with Gasteiger partial charge in [-0.25, -0.2) is 4.39 Å². The topological polar surface area (TPSA) is 49.4 Å². The van der Waals surface area contributed by atoms with Crippen molar-refractivity contribution in [2.75, 3.05) is 7.05 Å². The Morgan fingerprint density at radius 2 is 1.50 bits per heavy atom. The van der Waals surface area contributed by atoms with Crippen LogP contribution in [0.25, 0.3) is 0 Å². The van der Waals surface area contributed by atoms with Crippen molar-refractivity contribution in [3.8, 4) is 0 Å². The number of likely N-dealkylation sites (N-methyl/N-ethyl adjacent to an activating group) is 1. The fourth-order valence-corrected chi connectivity index (χ4v) is 2.92. The van der Waals surface area contributed by atoms with Gasteiger partial charge in [0, 0.05) is 12.6 Å². The molecule has 0 aliphatic heterocycles. The van der Waals surface area contributed by atoms with E-state index in [0.717, 1.165) is 11.1 Å². The summed E-state index contributed by atoms with van der Waals surface area (Å²) in [7, 11) is 1.68. The van der Waals surface area contributed by atoms with Gasteiger partial charge in [0.15, 0.2) is 0 Å². The van der Waals surface area contributed by atoms with Crippen molar-refractivity contribution in [2.24, 2.45) is 0 Å². The maximum absolute atomic E-state index is 13.1. The highest BCUT2D eigenvalue weighted by Gasteiger charge is 2.24. The van der Waals surface area contributed by atoms with Crippen LogP contribution in [0.4, 0.5) is 4.39 Å². The van der Waals surface area contributed by atoms with E-state index in [4.69, 9.17) is 0 Å². The van der Waals surface area contributed by atoms with Crippen LogP contribution in [0.5, 0.6) is 0 Å². The third-order valence-corrected chi connectivity index (χ3v) is 5.01. The molecule has 2 atom stereocenters. The minimum atomic E-state index is -0.678. The summed E-state index contributed by atoms with van der Waals surface area (Å²) in [5, 5.41) is 2.76. The van der Waals surface area contributed by atoms with Crippen LogP contribution in [0.1, 0.15) is 62.1 Å². The zero-order chi connectivity index (χ0) is 21.1. The Hall–Kier alpha value is -2.69. The number of halogens is 1. The van der Waals surface area contributed by atoms with Gasteiger partial charge in [-0.1, -0.05) is 45.0 Å². The molecule has 0 fully saturated rings. The molecule has 0 aliphatic rings. The number of benzene rings is 2. The monoisotopic (exact) mass is 384 g/mol. The molecule has 28 heavy (non-hydrogen) atoms. The third kappa shape index (κ3) is 5.18. The Balaban J connectivity index is 2.02. The van der Waals surface area contributed by atoms with Gasteiger partial charge in [0.2, 0.25) is 5.91 Å². The Morgan fingerprint density at radius 1 is 0.964 bits per heavy atom. The van der Waals surface area contributed by atoms with Crippen molar-refractivity contribution < 1.29 is 14.0 Å². The second-order valence-corrected chi connectivity index (χ2v) is 8.20. The first-order chi connectivity index (χ1) is 13.0. The van der Waals surface area contributed by atoms with Crippen LogP contribution in [0.3, 0.4) is 0 Å². The molecule has 0 aliphatic carbocycles. The van der Waals surface area contributed by atoms with Crippen molar-refractivity contribution in [3.05, 3.63) is 71.0 Å².